The van der Waals surface area contributed by atoms with Crippen molar-refractivity contribution in [1.29, 1.82) is 0 Å². The first kappa shape index (κ1) is 20.6. The zero-order valence-electron chi connectivity index (χ0n) is 17.1. The molecule has 4 nitrogen and oxygen atoms in total. The highest BCUT2D eigenvalue weighted by Gasteiger charge is 2.33. The van der Waals surface area contributed by atoms with E-state index in [1.165, 1.54) is 11.3 Å². The topological polar surface area (TPSA) is 57.6 Å². The van der Waals surface area contributed by atoms with E-state index >= 15 is 0 Å². The summed E-state index contributed by atoms with van der Waals surface area (Å²) in [5, 5.41) is 9.81. The molecule has 0 radical (unpaired) electrons. The van der Waals surface area contributed by atoms with Crippen molar-refractivity contribution >= 4 is 28.9 Å². The van der Waals surface area contributed by atoms with Crippen molar-refractivity contribution in [2.75, 3.05) is 4.90 Å². The van der Waals surface area contributed by atoms with Crippen LogP contribution in [0.3, 0.4) is 0 Å². The van der Waals surface area contributed by atoms with Crippen molar-refractivity contribution in [2.45, 2.75) is 59.4 Å². The molecule has 0 bridgehead atoms. The standard InChI is InChI=1S/C23H29NO3S/c1-14(2)24(22(25)17-10-8-15(3)9-11-17)19-13-20(28-21(19)23(26)27)18-7-5-6-16(4)12-18/h5-7,12-15,17H,8-11H2,1-4H3,(H,26,27). The number of hydrogen-bond donors (Lipinski definition) is 1. The summed E-state index contributed by atoms with van der Waals surface area (Å²) in [5.41, 5.74) is 2.64. The molecule has 1 N–H and O–H groups in total. The molecule has 0 aliphatic heterocycles. The zero-order chi connectivity index (χ0) is 20.4. The lowest BCUT2D eigenvalue weighted by molar-refractivity contribution is -0.123. The van der Waals surface area contributed by atoms with E-state index < -0.39 is 5.97 Å². The van der Waals surface area contributed by atoms with Gasteiger partial charge in [-0.15, -0.1) is 11.3 Å². The summed E-state index contributed by atoms with van der Waals surface area (Å²) in [5.74, 6) is -0.254. The maximum Gasteiger partial charge on any atom is 0.348 e. The molecule has 1 aromatic carbocycles. The van der Waals surface area contributed by atoms with Crippen LogP contribution in [0.25, 0.3) is 10.4 Å². The van der Waals surface area contributed by atoms with E-state index in [9.17, 15) is 14.7 Å². The minimum atomic E-state index is -0.977. The van der Waals surface area contributed by atoms with E-state index in [1.807, 2.05) is 51.1 Å². The van der Waals surface area contributed by atoms with Gasteiger partial charge in [-0.1, -0.05) is 36.8 Å². The van der Waals surface area contributed by atoms with Gasteiger partial charge in [-0.3, -0.25) is 4.79 Å². The van der Waals surface area contributed by atoms with Gasteiger partial charge >= 0.3 is 5.97 Å². The predicted molar refractivity (Wildman–Crippen MR) is 115 cm³/mol. The zero-order valence-corrected chi connectivity index (χ0v) is 17.9. The molecule has 1 amide bonds. The molecule has 1 aliphatic carbocycles. The number of carboxylic acids is 1. The Hall–Kier alpha value is -2.14. The lowest BCUT2D eigenvalue weighted by Gasteiger charge is -2.33. The van der Waals surface area contributed by atoms with Gasteiger partial charge in [0.2, 0.25) is 5.91 Å². The summed E-state index contributed by atoms with van der Waals surface area (Å²) in [6.07, 6.45) is 3.90. The van der Waals surface area contributed by atoms with E-state index in [0.717, 1.165) is 41.7 Å². The van der Waals surface area contributed by atoms with E-state index in [4.69, 9.17) is 0 Å². The number of thiophene rings is 1. The highest BCUT2D eigenvalue weighted by atomic mass is 32.1. The van der Waals surface area contributed by atoms with Gasteiger partial charge in [-0.05, 0) is 64.0 Å². The van der Waals surface area contributed by atoms with Crippen molar-refractivity contribution in [3.05, 3.63) is 40.8 Å². The Bertz CT molecular complexity index is 862. The van der Waals surface area contributed by atoms with Crippen LogP contribution in [-0.4, -0.2) is 23.0 Å². The molecule has 3 rings (SSSR count). The van der Waals surface area contributed by atoms with Gasteiger partial charge in [0, 0.05) is 16.8 Å². The second-order valence-electron chi connectivity index (χ2n) is 8.26. The number of amides is 1. The number of hydrogen-bond acceptors (Lipinski definition) is 3. The molecule has 0 unspecified atom stereocenters. The first-order valence-electron chi connectivity index (χ1n) is 10.0. The first-order valence-corrected chi connectivity index (χ1v) is 10.9. The van der Waals surface area contributed by atoms with Crippen LogP contribution < -0.4 is 4.90 Å². The van der Waals surface area contributed by atoms with E-state index in [-0.39, 0.29) is 22.7 Å². The summed E-state index contributed by atoms with van der Waals surface area (Å²) in [7, 11) is 0. The van der Waals surface area contributed by atoms with Crippen LogP contribution in [0.15, 0.2) is 30.3 Å². The molecular formula is C23H29NO3S. The molecule has 2 aromatic rings. The molecule has 1 aliphatic rings. The SMILES string of the molecule is Cc1cccc(-c2cc(N(C(=O)C3CCC(C)CC3)C(C)C)c(C(=O)O)s2)c1. The van der Waals surface area contributed by atoms with Crippen LogP contribution in [0.4, 0.5) is 5.69 Å². The van der Waals surface area contributed by atoms with Gasteiger partial charge in [-0.25, -0.2) is 4.79 Å². The summed E-state index contributed by atoms with van der Waals surface area (Å²) in [6, 6.07) is 9.81. The molecule has 1 fully saturated rings. The lowest BCUT2D eigenvalue weighted by atomic mass is 9.82. The smallest absolute Gasteiger partial charge is 0.348 e. The molecule has 1 heterocycles. The first-order chi connectivity index (χ1) is 13.3. The lowest BCUT2D eigenvalue weighted by Crippen LogP contribution is -2.42. The summed E-state index contributed by atoms with van der Waals surface area (Å²) in [6.45, 7) is 8.17. The van der Waals surface area contributed by atoms with Gasteiger partial charge in [0.15, 0.2) is 0 Å². The van der Waals surface area contributed by atoms with Crippen molar-refractivity contribution in [1.82, 2.24) is 0 Å². The van der Waals surface area contributed by atoms with E-state index in [0.29, 0.717) is 11.6 Å². The fourth-order valence-corrected chi connectivity index (χ4v) is 4.99. The Morgan fingerprint density at radius 1 is 1.14 bits per heavy atom. The Balaban J connectivity index is 2.00. The predicted octanol–water partition coefficient (Wildman–Crippen LogP) is 5.99. The maximum atomic E-state index is 13.4. The Morgan fingerprint density at radius 3 is 2.39 bits per heavy atom. The third-order valence-electron chi connectivity index (χ3n) is 5.59. The average Bonchev–Trinajstić information content (AvgIpc) is 3.07. The quantitative estimate of drug-likeness (QED) is 0.672. The van der Waals surface area contributed by atoms with Crippen molar-refractivity contribution in [3.63, 3.8) is 0 Å². The van der Waals surface area contributed by atoms with Gasteiger partial charge in [0.25, 0.3) is 0 Å². The fraction of sp³-hybridized carbons (Fsp3) is 0.478. The number of benzene rings is 1. The number of nitrogens with zero attached hydrogens (tertiary/aromatic N) is 1. The average molecular weight is 400 g/mol. The highest BCUT2D eigenvalue weighted by Crippen LogP contribution is 2.40. The largest absolute Gasteiger partial charge is 0.477 e. The number of rotatable bonds is 5. The number of anilines is 1. The summed E-state index contributed by atoms with van der Waals surface area (Å²) < 4.78 is 0. The number of aromatic carboxylic acids is 1. The maximum absolute atomic E-state index is 13.4. The molecule has 150 valence electrons. The molecule has 0 saturated heterocycles. The van der Waals surface area contributed by atoms with E-state index in [1.54, 1.807) is 4.90 Å². The molecule has 0 spiro atoms. The van der Waals surface area contributed by atoms with Crippen LogP contribution in [-0.2, 0) is 4.79 Å². The molecule has 28 heavy (non-hydrogen) atoms. The van der Waals surface area contributed by atoms with Gasteiger partial charge in [0.1, 0.15) is 4.88 Å². The summed E-state index contributed by atoms with van der Waals surface area (Å²) in [4.78, 5) is 28.2. The second kappa shape index (κ2) is 8.48. The fourth-order valence-electron chi connectivity index (χ4n) is 4.01. The number of carbonyl (C=O) groups is 2. The molecule has 0 atom stereocenters. The van der Waals surface area contributed by atoms with Crippen LogP contribution >= 0.6 is 11.3 Å². The van der Waals surface area contributed by atoms with Gasteiger partial charge < -0.3 is 10.0 Å². The number of aryl methyl sites for hydroxylation is 1. The van der Waals surface area contributed by atoms with Crippen molar-refractivity contribution < 1.29 is 14.7 Å². The number of carbonyl (C=O) groups excluding carboxylic acids is 1. The van der Waals surface area contributed by atoms with E-state index in [2.05, 4.69) is 6.92 Å². The monoisotopic (exact) mass is 399 g/mol. The normalized spacial score (nSPS) is 19.6. The third-order valence-corrected chi connectivity index (χ3v) is 6.75. The third kappa shape index (κ3) is 4.30. The molecule has 5 heteroatoms. The minimum Gasteiger partial charge on any atom is -0.477 e. The van der Waals surface area contributed by atoms with Crippen molar-refractivity contribution in [2.24, 2.45) is 11.8 Å². The van der Waals surface area contributed by atoms with Crippen LogP contribution in [0.2, 0.25) is 0 Å². The Kier molecular flexibility index (Phi) is 6.23. The van der Waals surface area contributed by atoms with Crippen molar-refractivity contribution in [3.8, 4) is 10.4 Å². The Morgan fingerprint density at radius 2 is 1.82 bits per heavy atom. The van der Waals surface area contributed by atoms with Crippen LogP contribution in [0.5, 0.6) is 0 Å². The Labute approximate surface area is 171 Å². The van der Waals surface area contributed by atoms with Gasteiger partial charge in [-0.2, -0.15) is 0 Å². The molecular weight excluding hydrogens is 370 g/mol. The second-order valence-corrected chi connectivity index (χ2v) is 9.31. The minimum absolute atomic E-state index is 0.0115. The molecule has 1 aromatic heterocycles. The van der Waals surface area contributed by atoms with Crippen LogP contribution in [0.1, 0.15) is 61.7 Å². The molecule has 1 saturated carbocycles. The summed E-state index contributed by atoms with van der Waals surface area (Å²) >= 11 is 1.25. The highest BCUT2D eigenvalue weighted by molar-refractivity contribution is 7.18. The number of carboxylic acid groups (broad SMARTS) is 1. The van der Waals surface area contributed by atoms with Crippen LogP contribution in [0, 0.1) is 18.8 Å². The van der Waals surface area contributed by atoms with Gasteiger partial charge in [0.05, 0.1) is 5.69 Å².